The Labute approximate surface area is 106 Å². The highest BCUT2D eigenvalue weighted by Crippen LogP contribution is 1.94. The Balaban J connectivity index is 4.32. The molecular formula is C10H18N2O4S. The summed E-state index contributed by atoms with van der Waals surface area (Å²) in [6.45, 7) is 4.75. The van der Waals surface area contributed by atoms with Gasteiger partial charge in [0.1, 0.15) is 12.1 Å². The fourth-order valence-electron chi connectivity index (χ4n) is 1.09. The molecule has 1 unspecified atom stereocenters. The summed E-state index contributed by atoms with van der Waals surface area (Å²) in [4.78, 5) is 33.7. The molecule has 0 aromatic carbocycles. The summed E-state index contributed by atoms with van der Waals surface area (Å²) in [5.74, 6) is -1.17. The van der Waals surface area contributed by atoms with Crippen molar-refractivity contribution in [3.63, 3.8) is 0 Å². The lowest BCUT2D eigenvalue weighted by molar-refractivity contribution is -0.146. The first-order valence-electron chi connectivity index (χ1n) is 5.27. The first kappa shape index (κ1) is 15.8. The van der Waals surface area contributed by atoms with E-state index in [0.29, 0.717) is 0 Å². The highest BCUT2D eigenvalue weighted by atomic mass is 32.1. The van der Waals surface area contributed by atoms with Crippen molar-refractivity contribution in [2.75, 3.05) is 12.4 Å². The lowest BCUT2D eigenvalue weighted by Gasteiger charge is -2.18. The number of hydrogen-bond acceptors (Lipinski definition) is 5. The highest BCUT2D eigenvalue weighted by molar-refractivity contribution is 7.80. The van der Waals surface area contributed by atoms with Crippen molar-refractivity contribution in [2.45, 2.75) is 32.9 Å². The second-order valence-corrected chi connectivity index (χ2v) is 3.78. The predicted octanol–water partition coefficient (Wildman–Crippen LogP) is -0.511. The molecule has 7 heteroatoms. The maximum atomic E-state index is 11.6. The topological polar surface area (TPSA) is 84.5 Å². The zero-order valence-corrected chi connectivity index (χ0v) is 11.0. The van der Waals surface area contributed by atoms with E-state index in [0.717, 1.165) is 0 Å². The molecule has 0 rings (SSSR count). The van der Waals surface area contributed by atoms with Crippen LogP contribution in [0.25, 0.3) is 0 Å². The molecule has 0 fully saturated rings. The minimum atomic E-state index is -0.804. The van der Waals surface area contributed by atoms with E-state index in [4.69, 9.17) is 4.74 Å². The molecule has 0 aromatic heterocycles. The van der Waals surface area contributed by atoms with E-state index in [9.17, 15) is 14.4 Å². The van der Waals surface area contributed by atoms with Crippen LogP contribution >= 0.6 is 12.6 Å². The summed E-state index contributed by atoms with van der Waals surface area (Å²) >= 11 is 3.96. The van der Waals surface area contributed by atoms with Crippen LogP contribution in [0.3, 0.4) is 0 Å². The van der Waals surface area contributed by atoms with Crippen molar-refractivity contribution >= 4 is 30.4 Å². The molecule has 17 heavy (non-hydrogen) atoms. The van der Waals surface area contributed by atoms with Crippen molar-refractivity contribution in [2.24, 2.45) is 0 Å². The summed E-state index contributed by atoms with van der Waals surface area (Å²) in [5, 5.41) is 4.87. The molecule has 2 N–H and O–H groups in total. The standard InChI is InChI=1S/C10H18N2O4S/c1-4-16-10(15)8(5-17)12-9(14)6(2)11-7(3)13/h6,8,17H,4-5H2,1-3H3,(H,11,13)(H,12,14)/t6?,8-/m0/s1. The van der Waals surface area contributed by atoms with Crippen LogP contribution < -0.4 is 10.6 Å². The van der Waals surface area contributed by atoms with E-state index in [1.54, 1.807) is 6.92 Å². The molecule has 0 aromatic rings. The van der Waals surface area contributed by atoms with E-state index >= 15 is 0 Å². The summed E-state index contributed by atoms with van der Waals surface area (Å²) in [6, 6.07) is -1.51. The molecule has 0 spiro atoms. The number of ether oxygens (including phenoxy) is 1. The van der Waals surface area contributed by atoms with E-state index in [1.807, 2.05) is 0 Å². The van der Waals surface area contributed by atoms with Crippen molar-refractivity contribution in [3.05, 3.63) is 0 Å². The number of thiol groups is 1. The van der Waals surface area contributed by atoms with Gasteiger partial charge in [0.05, 0.1) is 6.61 Å². The van der Waals surface area contributed by atoms with Crippen molar-refractivity contribution in [1.82, 2.24) is 10.6 Å². The van der Waals surface area contributed by atoms with Gasteiger partial charge in [-0.05, 0) is 13.8 Å². The first-order valence-corrected chi connectivity index (χ1v) is 5.90. The van der Waals surface area contributed by atoms with Gasteiger partial charge >= 0.3 is 5.97 Å². The Bertz CT molecular complexity index is 296. The molecule has 0 aliphatic carbocycles. The van der Waals surface area contributed by atoms with Crippen LogP contribution in [0.2, 0.25) is 0 Å². The third kappa shape index (κ3) is 6.15. The number of carbonyl (C=O) groups excluding carboxylic acids is 3. The third-order valence-electron chi connectivity index (χ3n) is 1.88. The van der Waals surface area contributed by atoms with Crippen LogP contribution in [0.15, 0.2) is 0 Å². The average molecular weight is 262 g/mol. The van der Waals surface area contributed by atoms with Gasteiger partial charge in [-0.25, -0.2) is 4.79 Å². The Kier molecular flexibility index (Phi) is 7.36. The number of esters is 1. The van der Waals surface area contributed by atoms with E-state index in [1.165, 1.54) is 13.8 Å². The normalized spacial score (nSPS) is 13.4. The lowest BCUT2D eigenvalue weighted by Crippen LogP contribution is -2.51. The second-order valence-electron chi connectivity index (χ2n) is 3.42. The zero-order chi connectivity index (χ0) is 13.4. The number of nitrogens with one attached hydrogen (secondary N) is 2. The number of amides is 2. The van der Waals surface area contributed by atoms with Crippen molar-refractivity contribution < 1.29 is 19.1 Å². The molecule has 0 radical (unpaired) electrons. The van der Waals surface area contributed by atoms with Crippen LogP contribution in [-0.2, 0) is 19.1 Å². The molecule has 0 saturated heterocycles. The number of hydrogen-bond donors (Lipinski definition) is 3. The smallest absolute Gasteiger partial charge is 0.329 e. The van der Waals surface area contributed by atoms with Gasteiger partial charge in [0.15, 0.2) is 0 Å². The molecule has 2 atom stereocenters. The first-order chi connectivity index (χ1) is 7.92. The summed E-state index contributed by atoms with van der Waals surface area (Å²) < 4.78 is 4.77. The largest absolute Gasteiger partial charge is 0.464 e. The van der Waals surface area contributed by atoms with Gasteiger partial charge in [0.25, 0.3) is 0 Å². The fraction of sp³-hybridized carbons (Fsp3) is 0.700. The number of carbonyl (C=O) groups is 3. The average Bonchev–Trinajstić information content (AvgIpc) is 2.24. The van der Waals surface area contributed by atoms with Crippen molar-refractivity contribution in [1.29, 1.82) is 0 Å². The van der Waals surface area contributed by atoms with Crippen LogP contribution in [-0.4, -0.2) is 42.2 Å². The van der Waals surface area contributed by atoms with Crippen molar-refractivity contribution in [3.8, 4) is 0 Å². The Morgan fingerprint density at radius 3 is 2.29 bits per heavy atom. The Morgan fingerprint density at radius 1 is 1.29 bits per heavy atom. The van der Waals surface area contributed by atoms with Gasteiger partial charge in [-0.1, -0.05) is 0 Å². The van der Waals surface area contributed by atoms with E-state index < -0.39 is 24.0 Å². The molecule has 98 valence electrons. The SMILES string of the molecule is CCOC(=O)[C@H](CS)NC(=O)C(C)NC(C)=O. The fourth-order valence-corrected chi connectivity index (χ4v) is 1.33. The summed E-state index contributed by atoms with van der Waals surface area (Å²) in [5.41, 5.74) is 0. The van der Waals surface area contributed by atoms with Gasteiger partial charge in [0, 0.05) is 12.7 Å². The maximum absolute atomic E-state index is 11.6. The minimum Gasteiger partial charge on any atom is -0.464 e. The van der Waals surface area contributed by atoms with Gasteiger partial charge in [-0.2, -0.15) is 12.6 Å². The summed E-state index contributed by atoms with van der Waals surface area (Å²) in [6.07, 6.45) is 0. The van der Waals surface area contributed by atoms with Gasteiger partial charge < -0.3 is 15.4 Å². The van der Waals surface area contributed by atoms with Gasteiger partial charge in [-0.3, -0.25) is 9.59 Å². The molecule has 0 heterocycles. The monoisotopic (exact) mass is 262 g/mol. The molecule has 0 saturated carbocycles. The maximum Gasteiger partial charge on any atom is 0.329 e. The molecule has 2 amide bonds. The molecule has 0 aliphatic rings. The van der Waals surface area contributed by atoms with Crippen LogP contribution in [0.5, 0.6) is 0 Å². The molecule has 6 nitrogen and oxygen atoms in total. The van der Waals surface area contributed by atoms with Crippen LogP contribution in [0, 0.1) is 0 Å². The van der Waals surface area contributed by atoms with Gasteiger partial charge in [0.2, 0.25) is 11.8 Å². The Morgan fingerprint density at radius 2 is 1.88 bits per heavy atom. The Hall–Kier alpha value is -1.24. The molecule has 0 bridgehead atoms. The highest BCUT2D eigenvalue weighted by Gasteiger charge is 2.23. The van der Waals surface area contributed by atoms with E-state index in [-0.39, 0.29) is 18.3 Å². The second kappa shape index (κ2) is 7.94. The predicted molar refractivity (Wildman–Crippen MR) is 65.7 cm³/mol. The third-order valence-corrected chi connectivity index (χ3v) is 2.25. The van der Waals surface area contributed by atoms with Crippen LogP contribution in [0.1, 0.15) is 20.8 Å². The molecular weight excluding hydrogens is 244 g/mol. The zero-order valence-electron chi connectivity index (χ0n) is 10.1. The number of rotatable bonds is 6. The van der Waals surface area contributed by atoms with Gasteiger partial charge in [-0.15, -0.1) is 0 Å². The lowest BCUT2D eigenvalue weighted by atomic mass is 10.2. The summed E-state index contributed by atoms with van der Waals surface area (Å²) in [7, 11) is 0. The van der Waals surface area contributed by atoms with E-state index in [2.05, 4.69) is 23.3 Å². The minimum absolute atomic E-state index is 0.136. The quantitative estimate of drug-likeness (QED) is 0.444. The molecule has 0 aliphatic heterocycles. The van der Waals surface area contributed by atoms with Crippen LogP contribution in [0.4, 0.5) is 0 Å².